The van der Waals surface area contributed by atoms with Gasteiger partial charge in [0.25, 0.3) is 5.56 Å². The number of aromatic amines is 1. The number of nitrogen functional groups attached to an aromatic ring is 1. The maximum atomic E-state index is 11.9. The van der Waals surface area contributed by atoms with Crippen LogP contribution in [-0.4, -0.2) is 16.9 Å². The molecule has 1 aromatic carbocycles. The molecule has 0 fully saturated rings. The number of nitrogens with zero attached hydrogens (tertiary/aromatic N) is 1. The molecule has 1 heterocycles. The Morgan fingerprint density at radius 2 is 2.17 bits per heavy atom. The molecule has 18 heavy (non-hydrogen) atoms. The third-order valence-electron chi connectivity index (χ3n) is 2.65. The van der Waals surface area contributed by atoms with Crippen LogP contribution in [0.2, 0.25) is 0 Å². The minimum atomic E-state index is -0.224. The quantitative estimate of drug-likeness (QED) is 0.903. The highest BCUT2D eigenvalue weighted by atomic mass is 79.9. The van der Waals surface area contributed by atoms with Crippen molar-refractivity contribution in [3.8, 4) is 0 Å². The van der Waals surface area contributed by atoms with Gasteiger partial charge in [0.1, 0.15) is 5.69 Å². The maximum Gasteiger partial charge on any atom is 0.290 e. The SMILES string of the molecule is COCc1[nH]n(Cc2ccccc2Br)c(=O)c1N. The van der Waals surface area contributed by atoms with Gasteiger partial charge in [-0.3, -0.25) is 9.89 Å². The van der Waals surface area contributed by atoms with E-state index in [1.165, 1.54) is 4.68 Å². The van der Waals surface area contributed by atoms with Crippen molar-refractivity contribution < 1.29 is 4.74 Å². The highest BCUT2D eigenvalue weighted by Gasteiger charge is 2.11. The summed E-state index contributed by atoms with van der Waals surface area (Å²) in [4.78, 5) is 11.9. The van der Waals surface area contributed by atoms with E-state index in [0.29, 0.717) is 18.8 Å². The summed E-state index contributed by atoms with van der Waals surface area (Å²) >= 11 is 3.45. The van der Waals surface area contributed by atoms with E-state index in [0.717, 1.165) is 10.0 Å². The number of nitrogens with one attached hydrogen (secondary N) is 1. The van der Waals surface area contributed by atoms with Gasteiger partial charge in [-0.05, 0) is 11.6 Å². The van der Waals surface area contributed by atoms with E-state index in [4.69, 9.17) is 10.5 Å². The molecule has 0 aliphatic heterocycles. The number of methoxy groups -OCH3 is 1. The predicted octanol–water partition coefficient (Wildman–Crippen LogP) is 1.72. The van der Waals surface area contributed by atoms with Crippen molar-refractivity contribution in [2.45, 2.75) is 13.2 Å². The lowest BCUT2D eigenvalue weighted by atomic mass is 10.2. The maximum absolute atomic E-state index is 11.9. The van der Waals surface area contributed by atoms with Crippen LogP contribution in [0.25, 0.3) is 0 Å². The van der Waals surface area contributed by atoms with Crippen LogP contribution in [0.1, 0.15) is 11.3 Å². The largest absolute Gasteiger partial charge is 0.393 e. The Morgan fingerprint density at radius 1 is 1.44 bits per heavy atom. The Balaban J connectivity index is 2.33. The zero-order valence-electron chi connectivity index (χ0n) is 9.94. The van der Waals surface area contributed by atoms with Crippen molar-refractivity contribution in [2.75, 3.05) is 12.8 Å². The first-order valence-corrected chi connectivity index (χ1v) is 6.22. The summed E-state index contributed by atoms with van der Waals surface area (Å²) in [5.74, 6) is 0. The highest BCUT2D eigenvalue weighted by Crippen LogP contribution is 2.16. The van der Waals surface area contributed by atoms with E-state index in [-0.39, 0.29) is 11.2 Å². The molecule has 0 aliphatic rings. The molecule has 5 nitrogen and oxygen atoms in total. The molecule has 0 radical (unpaired) electrons. The number of anilines is 1. The van der Waals surface area contributed by atoms with E-state index in [9.17, 15) is 4.79 Å². The second kappa shape index (κ2) is 5.41. The number of hydrogen-bond donors (Lipinski definition) is 2. The Morgan fingerprint density at radius 3 is 2.83 bits per heavy atom. The fourth-order valence-electron chi connectivity index (χ4n) is 1.71. The van der Waals surface area contributed by atoms with Crippen LogP contribution in [0.3, 0.4) is 0 Å². The summed E-state index contributed by atoms with van der Waals surface area (Å²) in [5, 5.41) is 2.96. The number of ether oxygens (including phenoxy) is 1. The van der Waals surface area contributed by atoms with Crippen molar-refractivity contribution in [2.24, 2.45) is 0 Å². The van der Waals surface area contributed by atoms with Crippen molar-refractivity contribution in [1.29, 1.82) is 0 Å². The van der Waals surface area contributed by atoms with Crippen LogP contribution >= 0.6 is 15.9 Å². The van der Waals surface area contributed by atoms with Crippen molar-refractivity contribution in [3.05, 3.63) is 50.3 Å². The van der Waals surface area contributed by atoms with Gasteiger partial charge in [-0.15, -0.1) is 0 Å². The van der Waals surface area contributed by atoms with Crippen molar-refractivity contribution in [3.63, 3.8) is 0 Å². The van der Waals surface area contributed by atoms with Crippen molar-refractivity contribution in [1.82, 2.24) is 9.78 Å². The molecule has 1 aromatic heterocycles. The molecule has 0 aliphatic carbocycles. The minimum absolute atomic E-state index is 0.212. The third kappa shape index (κ3) is 2.49. The number of H-pyrrole nitrogens is 1. The molecule has 0 atom stereocenters. The van der Waals surface area contributed by atoms with E-state index in [1.54, 1.807) is 7.11 Å². The zero-order chi connectivity index (χ0) is 13.1. The first-order valence-electron chi connectivity index (χ1n) is 5.43. The lowest BCUT2D eigenvalue weighted by Gasteiger charge is -2.04. The average Bonchev–Trinajstić information content (AvgIpc) is 2.61. The van der Waals surface area contributed by atoms with Gasteiger partial charge < -0.3 is 10.5 Å². The lowest BCUT2D eigenvalue weighted by Crippen LogP contribution is -2.19. The molecule has 0 saturated heterocycles. The number of rotatable bonds is 4. The molecule has 0 amide bonds. The van der Waals surface area contributed by atoms with Gasteiger partial charge in [-0.25, -0.2) is 4.68 Å². The third-order valence-corrected chi connectivity index (χ3v) is 3.42. The van der Waals surface area contributed by atoms with Gasteiger partial charge in [0.05, 0.1) is 18.8 Å². The average molecular weight is 312 g/mol. The van der Waals surface area contributed by atoms with E-state index >= 15 is 0 Å². The first-order chi connectivity index (χ1) is 8.63. The number of hydrogen-bond acceptors (Lipinski definition) is 3. The molecule has 0 bridgehead atoms. The Kier molecular flexibility index (Phi) is 3.88. The van der Waals surface area contributed by atoms with Crippen LogP contribution in [0, 0.1) is 0 Å². The fourth-order valence-corrected chi connectivity index (χ4v) is 2.12. The van der Waals surface area contributed by atoms with Crippen LogP contribution in [0.5, 0.6) is 0 Å². The summed E-state index contributed by atoms with van der Waals surface area (Å²) < 4.78 is 7.41. The molecule has 0 spiro atoms. The van der Waals surface area contributed by atoms with Crippen LogP contribution in [-0.2, 0) is 17.9 Å². The molecule has 0 saturated carbocycles. The Labute approximate surface area is 113 Å². The molecule has 2 aromatic rings. The normalized spacial score (nSPS) is 10.8. The Hall–Kier alpha value is -1.53. The smallest absolute Gasteiger partial charge is 0.290 e. The number of nitrogens with two attached hydrogens (primary N) is 1. The monoisotopic (exact) mass is 311 g/mol. The lowest BCUT2D eigenvalue weighted by molar-refractivity contribution is 0.181. The first kappa shape index (κ1) is 12.9. The highest BCUT2D eigenvalue weighted by molar-refractivity contribution is 9.10. The van der Waals surface area contributed by atoms with E-state index < -0.39 is 0 Å². The van der Waals surface area contributed by atoms with Gasteiger partial charge in [0, 0.05) is 11.6 Å². The summed E-state index contributed by atoms with van der Waals surface area (Å²) in [6, 6.07) is 7.73. The second-order valence-corrected chi connectivity index (χ2v) is 4.77. The second-order valence-electron chi connectivity index (χ2n) is 3.92. The standard InChI is InChI=1S/C12H14BrN3O2/c1-18-7-10-11(14)12(17)16(15-10)6-8-4-2-3-5-9(8)13/h2-5,15H,6-7,14H2,1H3. The molecule has 3 N–H and O–H groups in total. The van der Waals surface area contributed by atoms with Crippen molar-refractivity contribution >= 4 is 21.6 Å². The molecule has 96 valence electrons. The minimum Gasteiger partial charge on any atom is -0.393 e. The fraction of sp³-hybridized carbons (Fsp3) is 0.250. The summed E-state index contributed by atoms with van der Waals surface area (Å²) in [5.41, 5.74) is 7.32. The number of halogens is 1. The molecule has 0 unspecified atom stereocenters. The van der Waals surface area contributed by atoms with E-state index in [2.05, 4.69) is 21.0 Å². The van der Waals surface area contributed by atoms with Gasteiger partial charge in [0.15, 0.2) is 0 Å². The van der Waals surface area contributed by atoms with Crippen LogP contribution in [0.4, 0.5) is 5.69 Å². The van der Waals surface area contributed by atoms with Gasteiger partial charge >= 0.3 is 0 Å². The van der Waals surface area contributed by atoms with Crippen LogP contribution in [0.15, 0.2) is 33.5 Å². The molecular formula is C12H14BrN3O2. The predicted molar refractivity (Wildman–Crippen MR) is 73.4 cm³/mol. The van der Waals surface area contributed by atoms with Gasteiger partial charge in [-0.2, -0.15) is 0 Å². The van der Waals surface area contributed by atoms with Gasteiger partial charge in [0.2, 0.25) is 0 Å². The Bertz CT molecular complexity index is 604. The van der Waals surface area contributed by atoms with Crippen LogP contribution < -0.4 is 11.3 Å². The molecule has 2 rings (SSSR count). The summed E-state index contributed by atoms with van der Waals surface area (Å²) in [6.45, 7) is 0.734. The van der Waals surface area contributed by atoms with Gasteiger partial charge in [-0.1, -0.05) is 34.1 Å². The topological polar surface area (TPSA) is 73.0 Å². The molecule has 6 heteroatoms. The molecular weight excluding hydrogens is 298 g/mol. The summed E-state index contributed by atoms with van der Waals surface area (Å²) in [6.07, 6.45) is 0. The number of benzene rings is 1. The zero-order valence-corrected chi connectivity index (χ0v) is 11.5. The number of aromatic nitrogens is 2. The summed E-state index contributed by atoms with van der Waals surface area (Å²) in [7, 11) is 1.56. The van der Waals surface area contributed by atoms with E-state index in [1.807, 2.05) is 24.3 Å².